The summed E-state index contributed by atoms with van der Waals surface area (Å²) < 4.78 is 10.5. The van der Waals surface area contributed by atoms with Crippen molar-refractivity contribution in [3.05, 3.63) is 17.2 Å². The zero-order valence-electron chi connectivity index (χ0n) is 15.8. The Kier molecular flexibility index (Phi) is 6.31. The second kappa shape index (κ2) is 8.69. The fourth-order valence-electron chi connectivity index (χ4n) is 3.67. The van der Waals surface area contributed by atoms with Crippen molar-refractivity contribution in [1.82, 2.24) is 9.80 Å². The summed E-state index contributed by atoms with van der Waals surface area (Å²) in [6, 6.07) is 3.31. The van der Waals surface area contributed by atoms with Gasteiger partial charge in [-0.3, -0.25) is 4.79 Å². The van der Waals surface area contributed by atoms with Crippen LogP contribution in [-0.4, -0.2) is 62.1 Å². The largest absolute Gasteiger partial charge is 0.495 e. The number of carbonyl (C=O) groups is 2. The Labute approximate surface area is 164 Å². The third kappa shape index (κ3) is 4.40. The number of hydrogen-bond acceptors (Lipinski definition) is 4. The highest BCUT2D eigenvalue weighted by atomic mass is 35.5. The Morgan fingerprint density at radius 1 is 1.04 bits per heavy atom. The lowest BCUT2D eigenvalue weighted by molar-refractivity contribution is -0.121. The first kappa shape index (κ1) is 19.6. The number of amides is 3. The van der Waals surface area contributed by atoms with Crippen LogP contribution in [0.3, 0.4) is 0 Å². The van der Waals surface area contributed by atoms with Crippen molar-refractivity contribution in [3.63, 3.8) is 0 Å². The highest BCUT2D eigenvalue weighted by molar-refractivity contribution is 6.32. The number of halogens is 1. The van der Waals surface area contributed by atoms with E-state index in [2.05, 4.69) is 5.32 Å². The van der Waals surface area contributed by atoms with E-state index in [1.54, 1.807) is 17.0 Å². The molecule has 1 atom stereocenters. The molecular formula is C19H26ClN3O4. The highest BCUT2D eigenvalue weighted by Gasteiger charge is 2.32. The molecule has 0 aromatic heterocycles. The van der Waals surface area contributed by atoms with Gasteiger partial charge in [0.05, 0.1) is 30.8 Å². The lowest BCUT2D eigenvalue weighted by atomic mass is 9.97. The number of nitrogens with zero attached hydrogens (tertiary/aromatic N) is 2. The zero-order chi connectivity index (χ0) is 19.4. The van der Waals surface area contributed by atoms with Gasteiger partial charge >= 0.3 is 6.03 Å². The number of carbonyl (C=O) groups excluding carboxylic acids is 2. The van der Waals surface area contributed by atoms with Gasteiger partial charge in [-0.15, -0.1) is 0 Å². The molecule has 7 nitrogen and oxygen atoms in total. The second-order valence-electron chi connectivity index (χ2n) is 6.94. The third-order valence-electron chi connectivity index (χ3n) is 5.17. The molecule has 3 rings (SSSR count). The Morgan fingerprint density at radius 3 is 2.37 bits per heavy atom. The SMILES string of the molecule is COc1cc(NC(=O)[C@H]2CCCN(C(=O)N3CCCC3)C2)c(OC)cc1Cl. The maximum absolute atomic E-state index is 12.8. The van der Waals surface area contributed by atoms with Gasteiger partial charge in [-0.2, -0.15) is 0 Å². The average Bonchev–Trinajstić information content (AvgIpc) is 3.23. The van der Waals surface area contributed by atoms with E-state index in [0.29, 0.717) is 35.3 Å². The Morgan fingerprint density at radius 2 is 1.70 bits per heavy atom. The molecule has 148 valence electrons. The topological polar surface area (TPSA) is 71.1 Å². The lowest BCUT2D eigenvalue weighted by Gasteiger charge is -2.34. The van der Waals surface area contributed by atoms with Gasteiger partial charge in [0.2, 0.25) is 5.91 Å². The average molecular weight is 396 g/mol. The molecule has 1 aromatic carbocycles. The maximum atomic E-state index is 12.8. The number of likely N-dealkylation sites (tertiary alicyclic amines) is 2. The van der Waals surface area contributed by atoms with Gasteiger partial charge in [-0.25, -0.2) is 4.79 Å². The van der Waals surface area contributed by atoms with Crippen LogP contribution in [0.4, 0.5) is 10.5 Å². The number of ether oxygens (including phenoxy) is 2. The Bertz CT molecular complexity index is 706. The van der Waals surface area contributed by atoms with Gasteiger partial charge in [-0.1, -0.05) is 11.6 Å². The molecule has 0 aliphatic carbocycles. The number of anilines is 1. The van der Waals surface area contributed by atoms with Crippen LogP contribution in [0.25, 0.3) is 0 Å². The van der Waals surface area contributed by atoms with E-state index in [4.69, 9.17) is 21.1 Å². The standard InChI is InChI=1S/C19H26ClN3O4/c1-26-16-11-15(17(27-2)10-14(16)20)21-18(24)13-6-5-9-23(12-13)19(25)22-7-3-4-8-22/h10-11,13H,3-9,12H2,1-2H3,(H,21,24)/t13-/m0/s1. The molecule has 0 spiro atoms. The molecule has 27 heavy (non-hydrogen) atoms. The predicted molar refractivity (Wildman–Crippen MR) is 104 cm³/mol. The first-order valence-corrected chi connectivity index (χ1v) is 9.67. The predicted octanol–water partition coefficient (Wildman–Crippen LogP) is 3.22. The van der Waals surface area contributed by atoms with Crippen molar-refractivity contribution in [1.29, 1.82) is 0 Å². The van der Waals surface area contributed by atoms with Gasteiger partial charge < -0.3 is 24.6 Å². The molecule has 0 unspecified atom stereocenters. The minimum Gasteiger partial charge on any atom is -0.495 e. The van der Waals surface area contributed by atoms with Crippen molar-refractivity contribution >= 4 is 29.2 Å². The fraction of sp³-hybridized carbons (Fsp3) is 0.579. The van der Waals surface area contributed by atoms with Crippen LogP contribution in [0.1, 0.15) is 25.7 Å². The molecule has 0 bridgehead atoms. The monoisotopic (exact) mass is 395 g/mol. The Hall–Kier alpha value is -2.15. The van der Waals surface area contributed by atoms with Crippen LogP contribution in [0.15, 0.2) is 12.1 Å². The van der Waals surface area contributed by atoms with Crippen molar-refractivity contribution in [2.45, 2.75) is 25.7 Å². The Balaban J connectivity index is 1.68. The van der Waals surface area contributed by atoms with Crippen LogP contribution in [0.5, 0.6) is 11.5 Å². The van der Waals surface area contributed by atoms with Gasteiger partial charge in [0, 0.05) is 38.3 Å². The number of methoxy groups -OCH3 is 2. The van der Waals surface area contributed by atoms with Gasteiger partial charge in [0.1, 0.15) is 11.5 Å². The summed E-state index contributed by atoms with van der Waals surface area (Å²) in [6.07, 6.45) is 3.69. The molecule has 1 N–H and O–H groups in total. The van der Waals surface area contributed by atoms with Gasteiger partial charge in [-0.05, 0) is 25.7 Å². The molecule has 3 amide bonds. The summed E-state index contributed by atoms with van der Waals surface area (Å²) in [5.74, 6) is 0.547. The van der Waals surface area contributed by atoms with Crippen LogP contribution in [-0.2, 0) is 4.79 Å². The van der Waals surface area contributed by atoms with E-state index < -0.39 is 0 Å². The molecule has 2 fully saturated rings. The fourth-order valence-corrected chi connectivity index (χ4v) is 3.90. The van der Waals surface area contributed by atoms with E-state index in [1.165, 1.54) is 14.2 Å². The second-order valence-corrected chi connectivity index (χ2v) is 7.35. The van der Waals surface area contributed by atoms with Crippen LogP contribution in [0, 0.1) is 5.92 Å². The summed E-state index contributed by atoms with van der Waals surface area (Å²) >= 11 is 6.12. The van der Waals surface area contributed by atoms with Crippen molar-refractivity contribution in [2.75, 3.05) is 45.7 Å². The van der Waals surface area contributed by atoms with E-state index in [0.717, 1.165) is 38.8 Å². The zero-order valence-corrected chi connectivity index (χ0v) is 16.6. The maximum Gasteiger partial charge on any atom is 0.320 e. The molecule has 2 aliphatic heterocycles. The number of urea groups is 1. The van der Waals surface area contributed by atoms with E-state index in [9.17, 15) is 9.59 Å². The van der Waals surface area contributed by atoms with Gasteiger partial charge in [0.25, 0.3) is 0 Å². The summed E-state index contributed by atoms with van der Waals surface area (Å²) in [4.78, 5) is 29.1. The van der Waals surface area contributed by atoms with Crippen molar-refractivity contribution in [2.24, 2.45) is 5.92 Å². The van der Waals surface area contributed by atoms with Crippen molar-refractivity contribution in [3.8, 4) is 11.5 Å². The van der Waals surface area contributed by atoms with Gasteiger partial charge in [0.15, 0.2) is 0 Å². The molecule has 2 heterocycles. The minimum atomic E-state index is -0.253. The van der Waals surface area contributed by atoms with E-state index in [-0.39, 0.29) is 17.9 Å². The smallest absolute Gasteiger partial charge is 0.320 e. The molecule has 0 radical (unpaired) electrons. The van der Waals surface area contributed by atoms with Crippen molar-refractivity contribution < 1.29 is 19.1 Å². The lowest BCUT2D eigenvalue weighted by Crippen LogP contribution is -2.48. The van der Waals surface area contributed by atoms with E-state index in [1.807, 2.05) is 4.90 Å². The molecule has 0 saturated carbocycles. The summed E-state index contributed by atoms with van der Waals surface area (Å²) in [6.45, 7) is 2.77. The third-order valence-corrected chi connectivity index (χ3v) is 5.47. The summed E-state index contributed by atoms with van der Waals surface area (Å²) in [5, 5.41) is 3.32. The highest BCUT2D eigenvalue weighted by Crippen LogP contribution is 2.36. The molecule has 1 aromatic rings. The molecule has 8 heteroatoms. The summed E-state index contributed by atoms with van der Waals surface area (Å²) in [7, 11) is 3.03. The summed E-state index contributed by atoms with van der Waals surface area (Å²) in [5.41, 5.74) is 0.506. The number of hydrogen-bond donors (Lipinski definition) is 1. The number of piperidine rings is 1. The molecule has 2 aliphatic rings. The minimum absolute atomic E-state index is 0.0516. The first-order chi connectivity index (χ1) is 13.0. The number of nitrogens with one attached hydrogen (secondary N) is 1. The molecule has 2 saturated heterocycles. The number of rotatable bonds is 4. The normalized spacial score (nSPS) is 19.7. The van der Waals surface area contributed by atoms with Crippen LogP contribution < -0.4 is 14.8 Å². The number of benzene rings is 1. The first-order valence-electron chi connectivity index (χ1n) is 9.29. The van der Waals surface area contributed by atoms with Crippen LogP contribution in [0.2, 0.25) is 5.02 Å². The quantitative estimate of drug-likeness (QED) is 0.849. The van der Waals surface area contributed by atoms with Crippen LogP contribution >= 0.6 is 11.6 Å². The van der Waals surface area contributed by atoms with E-state index >= 15 is 0 Å². The molecular weight excluding hydrogens is 370 g/mol.